The number of ketones is 1. The largest absolute Gasteiger partial charge is 0.356 e. The average Bonchev–Trinajstić information content (AvgIpc) is 2.88. The zero-order chi connectivity index (χ0) is 18.0. The molecule has 0 saturated carbocycles. The van der Waals surface area contributed by atoms with E-state index in [1.54, 1.807) is 20.3 Å². The molecular weight excluding hydrogens is 308 g/mol. The second kappa shape index (κ2) is 11.0. The minimum atomic E-state index is -0.659. The van der Waals surface area contributed by atoms with Crippen molar-refractivity contribution in [2.45, 2.75) is 83.9 Å². The van der Waals surface area contributed by atoms with Crippen molar-refractivity contribution < 1.29 is 23.7 Å². The maximum atomic E-state index is 11.7. The SMILES string of the molecule is COC(C)OCCCCCCCC1=CC(=O)CC1OC(C)(C)OC. The summed E-state index contributed by atoms with van der Waals surface area (Å²) in [6.45, 7) is 6.40. The lowest BCUT2D eigenvalue weighted by Crippen LogP contribution is -2.32. The molecule has 0 aromatic carbocycles. The van der Waals surface area contributed by atoms with Gasteiger partial charge in [0.2, 0.25) is 0 Å². The molecule has 0 bridgehead atoms. The molecule has 1 rings (SSSR count). The van der Waals surface area contributed by atoms with Crippen molar-refractivity contribution >= 4 is 5.78 Å². The highest BCUT2D eigenvalue weighted by Gasteiger charge is 2.30. The molecular formula is C19H34O5. The fourth-order valence-corrected chi connectivity index (χ4v) is 2.69. The quantitative estimate of drug-likeness (QED) is 0.374. The van der Waals surface area contributed by atoms with Gasteiger partial charge in [0, 0.05) is 27.2 Å². The lowest BCUT2D eigenvalue weighted by molar-refractivity contribution is -0.215. The Morgan fingerprint density at radius 3 is 2.50 bits per heavy atom. The number of hydrogen-bond donors (Lipinski definition) is 0. The molecule has 24 heavy (non-hydrogen) atoms. The van der Waals surface area contributed by atoms with Crippen molar-refractivity contribution in [1.82, 2.24) is 0 Å². The first-order valence-electron chi connectivity index (χ1n) is 8.98. The van der Waals surface area contributed by atoms with Gasteiger partial charge in [-0.2, -0.15) is 0 Å². The molecule has 0 saturated heterocycles. The third-order valence-corrected chi connectivity index (χ3v) is 4.36. The fraction of sp³-hybridized carbons (Fsp3) is 0.842. The number of hydrogen-bond acceptors (Lipinski definition) is 5. The van der Waals surface area contributed by atoms with Crippen LogP contribution in [0.25, 0.3) is 0 Å². The standard InChI is InChI=1S/C19H34O5/c1-15(21-4)23-12-10-8-6-7-9-11-16-13-17(20)14-18(16)24-19(2,3)22-5/h13,15,18H,6-12,14H2,1-5H3. The maximum absolute atomic E-state index is 11.7. The van der Waals surface area contributed by atoms with Crippen LogP contribution in [0.2, 0.25) is 0 Å². The summed E-state index contributed by atoms with van der Waals surface area (Å²) in [6.07, 6.45) is 8.52. The van der Waals surface area contributed by atoms with Crippen molar-refractivity contribution in [3.63, 3.8) is 0 Å². The zero-order valence-electron chi connectivity index (χ0n) is 15.9. The van der Waals surface area contributed by atoms with Gasteiger partial charge in [0.25, 0.3) is 0 Å². The minimum absolute atomic E-state index is 0.120. The Morgan fingerprint density at radius 1 is 1.17 bits per heavy atom. The van der Waals surface area contributed by atoms with Crippen LogP contribution in [-0.2, 0) is 23.7 Å². The molecule has 2 atom stereocenters. The molecule has 0 aromatic heterocycles. The minimum Gasteiger partial charge on any atom is -0.356 e. The van der Waals surface area contributed by atoms with Gasteiger partial charge in [-0.25, -0.2) is 0 Å². The molecule has 0 spiro atoms. The Morgan fingerprint density at radius 2 is 1.83 bits per heavy atom. The second-order valence-electron chi connectivity index (χ2n) is 6.79. The fourth-order valence-electron chi connectivity index (χ4n) is 2.69. The van der Waals surface area contributed by atoms with Crippen molar-refractivity contribution in [3.8, 4) is 0 Å². The number of allylic oxidation sites excluding steroid dienone is 1. The lowest BCUT2D eigenvalue weighted by Gasteiger charge is -2.28. The van der Waals surface area contributed by atoms with Crippen LogP contribution in [0.1, 0.15) is 65.7 Å². The number of ether oxygens (including phenoxy) is 4. The third kappa shape index (κ3) is 8.38. The Bertz CT molecular complexity index is 403. The first kappa shape index (κ1) is 21.3. The van der Waals surface area contributed by atoms with Crippen LogP contribution in [0.4, 0.5) is 0 Å². The number of carbonyl (C=O) groups excluding carboxylic acids is 1. The maximum Gasteiger partial charge on any atom is 0.163 e. The number of carbonyl (C=O) groups is 1. The van der Waals surface area contributed by atoms with Crippen LogP contribution < -0.4 is 0 Å². The lowest BCUT2D eigenvalue weighted by atomic mass is 10.0. The van der Waals surface area contributed by atoms with E-state index >= 15 is 0 Å². The van der Waals surface area contributed by atoms with Crippen molar-refractivity contribution in [3.05, 3.63) is 11.6 Å². The second-order valence-corrected chi connectivity index (χ2v) is 6.79. The van der Waals surface area contributed by atoms with Gasteiger partial charge in [-0.05, 0) is 51.7 Å². The van der Waals surface area contributed by atoms with Gasteiger partial charge in [0.05, 0.1) is 6.10 Å². The molecule has 140 valence electrons. The van der Waals surface area contributed by atoms with Crippen molar-refractivity contribution in [2.24, 2.45) is 0 Å². The van der Waals surface area contributed by atoms with E-state index in [4.69, 9.17) is 18.9 Å². The number of methoxy groups -OCH3 is 2. The van der Waals surface area contributed by atoms with Gasteiger partial charge < -0.3 is 18.9 Å². The molecule has 5 nitrogen and oxygen atoms in total. The highest BCUT2D eigenvalue weighted by molar-refractivity contribution is 5.94. The average molecular weight is 342 g/mol. The van der Waals surface area contributed by atoms with Gasteiger partial charge in [-0.3, -0.25) is 4.79 Å². The summed E-state index contributed by atoms with van der Waals surface area (Å²) in [5.41, 5.74) is 1.11. The molecule has 0 amide bonds. The van der Waals surface area contributed by atoms with E-state index in [9.17, 15) is 4.79 Å². The van der Waals surface area contributed by atoms with Crippen LogP contribution in [-0.4, -0.2) is 44.8 Å². The summed E-state index contributed by atoms with van der Waals surface area (Å²) in [5.74, 6) is -0.500. The summed E-state index contributed by atoms with van der Waals surface area (Å²) in [5, 5.41) is 0. The normalized spacial score (nSPS) is 19.6. The summed E-state index contributed by atoms with van der Waals surface area (Å²) in [4.78, 5) is 11.7. The Balaban J connectivity index is 2.17. The molecule has 1 aliphatic rings. The van der Waals surface area contributed by atoms with E-state index in [1.807, 2.05) is 20.8 Å². The van der Waals surface area contributed by atoms with Gasteiger partial charge in [0.15, 0.2) is 17.9 Å². The van der Waals surface area contributed by atoms with Crippen LogP contribution in [0.15, 0.2) is 11.6 Å². The number of rotatable bonds is 13. The Kier molecular flexibility index (Phi) is 9.74. The number of unbranched alkanes of at least 4 members (excludes halogenated alkanes) is 4. The van der Waals surface area contributed by atoms with Gasteiger partial charge in [-0.15, -0.1) is 0 Å². The predicted molar refractivity (Wildman–Crippen MR) is 93.8 cm³/mol. The van der Waals surface area contributed by atoms with E-state index in [0.717, 1.165) is 44.3 Å². The Labute approximate surface area is 146 Å². The highest BCUT2D eigenvalue weighted by Crippen LogP contribution is 2.28. The molecule has 5 heteroatoms. The van der Waals surface area contributed by atoms with E-state index in [1.165, 1.54) is 6.42 Å². The van der Waals surface area contributed by atoms with Crippen LogP contribution in [0.3, 0.4) is 0 Å². The first-order chi connectivity index (χ1) is 11.4. The monoisotopic (exact) mass is 342 g/mol. The Hall–Kier alpha value is -0.750. The molecule has 0 aliphatic heterocycles. The van der Waals surface area contributed by atoms with E-state index in [0.29, 0.717) is 6.42 Å². The summed E-state index contributed by atoms with van der Waals surface area (Å²) in [6, 6.07) is 0. The molecule has 0 N–H and O–H groups in total. The molecule has 0 radical (unpaired) electrons. The van der Waals surface area contributed by atoms with Gasteiger partial charge >= 0.3 is 0 Å². The van der Waals surface area contributed by atoms with E-state index in [2.05, 4.69) is 0 Å². The topological polar surface area (TPSA) is 54.0 Å². The van der Waals surface area contributed by atoms with E-state index < -0.39 is 5.79 Å². The first-order valence-corrected chi connectivity index (χ1v) is 8.98. The zero-order valence-corrected chi connectivity index (χ0v) is 15.9. The summed E-state index contributed by atoms with van der Waals surface area (Å²) >= 11 is 0. The van der Waals surface area contributed by atoms with E-state index in [-0.39, 0.29) is 18.2 Å². The third-order valence-electron chi connectivity index (χ3n) is 4.36. The summed E-state index contributed by atoms with van der Waals surface area (Å²) in [7, 11) is 3.27. The van der Waals surface area contributed by atoms with Crippen LogP contribution in [0, 0.1) is 0 Å². The predicted octanol–water partition coefficient (Wildman–Crippen LogP) is 4.00. The van der Waals surface area contributed by atoms with Crippen molar-refractivity contribution in [2.75, 3.05) is 20.8 Å². The molecule has 2 unspecified atom stereocenters. The summed E-state index contributed by atoms with van der Waals surface area (Å²) < 4.78 is 21.7. The molecule has 0 aromatic rings. The molecule has 0 fully saturated rings. The van der Waals surface area contributed by atoms with Crippen LogP contribution in [0.5, 0.6) is 0 Å². The smallest absolute Gasteiger partial charge is 0.163 e. The van der Waals surface area contributed by atoms with Gasteiger partial charge in [0.1, 0.15) is 0 Å². The highest BCUT2D eigenvalue weighted by atomic mass is 16.7. The van der Waals surface area contributed by atoms with Gasteiger partial charge in [-0.1, -0.05) is 19.3 Å². The van der Waals surface area contributed by atoms with Crippen LogP contribution >= 0.6 is 0 Å². The van der Waals surface area contributed by atoms with Crippen molar-refractivity contribution in [1.29, 1.82) is 0 Å². The molecule has 1 aliphatic carbocycles. The molecule has 0 heterocycles.